The second kappa shape index (κ2) is 12.0. The number of hydrogen-bond acceptors (Lipinski definition) is 2. The number of anilines is 1. The molecule has 0 aliphatic rings. The molecule has 0 saturated heterocycles. The Bertz CT molecular complexity index is 987. The second-order valence-corrected chi connectivity index (χ2v) is 12.5. The van der Waals surface area contributed by atoms with E-state index in [4.69, 9.17) is 0 Å². The maximum atomic E-state index is 11.0. The van der Waals surface area contributed by atoms with E-state index in [1.165, 1.54) is 16.7 Å². The average molecular weight is 476 g/mol. The molecule has 0 amide bonds. The van der Waals surface area contributed by atoms with E-state index in [2.05, 4.69) is 123 Å². The lowest BCUT2D eigenvalue weighted by molar-refractivity contribution is 0.423. The topological polar surface area (TPSA) is 32.3 Å². The zero-order chi connectivity index (χ0) is 26.4. The number of hydrogen-bond donors (Lipinski definition) is 2. The Balaban J connectivity index is 2.10. The van der Waals surface area contributed by atoms with Gasteiger partial charge in [0.25, 0.3) is 0 Å². The summed E-state index contributed by atoms with van der Waals surface area (Å²) in [6, 6.07) is 13.4. The molecule has 0 bridgehead atoms. The van der Waals surface area contributed by atoms with Crippen molar-refractivity contribution in [3.8, 4) is 16.9 Å². The predicted octanol–water partition coefficient (Wildman–Crippen LogP) is 9.93. The molecular formula is C33H49NO. The van der Waals surface area contributed by atoms with Crippen LogP contribution < -0.4 is 5.32 Å². The summed E-state index contributed by atoms with van der Waals surface area (Å²) in [6.07, 6.45) is 9.22. The van der Waals surface area contributed by atoms with Crippen molar-refractivity contribution in [3.05, 3.63) is 70.8 Å². The van der Waals surface area contributed by atoms with Gasteiger partial charge in [-0.3, -0.25) is 0 Å². The SMILES string of the molecule is CC(C)=CCC/C(C)=C/CCC(C)Nc1ccc(-c2cc(C(C)(C)C)c(O)c(C(C)(C)C)c2)cc1. The van der Waals surface area contributed by atoms with E-state index < -0.39 is 0 Å². The number of nitrogens with one attached hydrogen (secondary N) is 1. The first-order chi connectivity index (χ1) is 16.2. The lowest BCUT2D eigenvalue weighted by Gasteiger charge is -2.28. The van der Waals surface area contributed by atoms with Gasteiger partial charge in [0.1, 0.15) is 5.75 Å². The minimum absolute atomic E-state index is 0.129. The molecule has 0 aliphatic heterocycles. The molecule has 2 aromatic rings. The molecule has 192 valence electrons. The first kappa shape index (κ1) is 28.8. The number of rotatable bonds is 9. The predicted molar refractivity (Wildman–Crippen MR) is 156 cm³/mol. The minimum atomic E-state index is -0.129. The van der Waals surface area contributed by atoms with Crippen molar-refractivity contribution in [3.63, 3.8) is 0 Å². The Morgan fingerprint density at radius 2 is 1.37 bits per heavy atom. The maximum absolute atomic E-state index is 11.0. The van der Waals surface area contributed by atoms with Crippen molar-refractivity contribution in [2.24, 2.45) is 0 Å². The summed E-state index contributed by atoms with van der Waals surface area (Å²) in [7, 11) is 0. The smallest absolute Gasteiger partial charge is 0.123 e. The quantitative estimate of drug-likeness (QED) is 0.354. The molecule has 1 unspecified atom stereocenters. The fourth-order valence-electron chi connectivity index (χ4n) is 4.33. The molecule has 0 aliphatic carbocycles. The first-order valence-electron chi connectivity index (χ1n) is 13.2. The van der Waals surface area contributed by atoms with Crippen LogP contribution in [0.3, 0.4) is 0 Å². The van der Waals surface area contributed by atoms with E-state index >= 15 is 0 Å². The molecule has 1 atom stereocenters. The number of benzene rings is 2. The molecule has 0 saturated carbocycles. The summed E-state index contributed by atoms with van der Waals surface area (Å²) in [4.78, 5) is 0. The van der Waals surface area contributed by atoms with E-state index in [9.17, 15) is 5.11 Å². The van der Waals surface area contributed by atoms with Gasteiger partial charge in [-0.05, 0) is 99.6 Å². The second-order valence-electron chi connectivity index (χ2n) is 12.5. The Morgan fingerprint density at radius 3 is 1.86 bits per heavy atom. The highest BCUT2D eigenvalue weighted by atomic mass is 16.3. The van der Waals surface area contributed by atoms with Crippen LogP contribution in [0.25, 0.3) is 11.1 Å². The van der Waals surface area contributed by atoms with E-state index in [1.54, 1.807) is 0 Å². The molecule has 2 heteroatoms. The molecule has 0 radical (unpaired) electrons. The van der Waals surface area contributed by atoms with Gasteiger partial charge in [0, 0.05) is 22.9 Å². The van der Waals surface area contributed by atoms with Crippen molar-refractivity contribution < 1.29 is 5.11 Å². The minimum Gasteiger partial charge on any atom is -0.507 e. The Morgan fingerprint density at radius 1 is 0.829 bits per heavy atom. The summed E-state index contributed by atoms with van der Waals surface area (Å²) in [5.74, 6) is 0.432. The van der Waals surface area contributed by atoms with Crippen LogP contribution >= 0.6 is 0 Å². The van der Waals surface area contributed by atoms with Crippen LogP contribution in [-0.2, 0) is 10.8 Å². The fraction of sp³-hybridized carbons (Fsp3) is 0.515. The van der Waals surface area contributed by atoms with Gasteiger partial charge in [-0.2, -0.15) is 0 Å². The highest BCUT2D eigenvalue weighted by Gasteiger charge is 2.26. The molecule has 0 aromatic heterocycles. The molecule has 2 aromatic carbocycles. The van der Waals surface area contributed by atoms with Gasteiger partial charge in [-0.25, -0.2) is 0 Å². The summed E-state index contributed by atoms with van der Waals surface area (Å²) in [5, 5.41) is 14.7. The standard InChI is InChI=1S/C33H49NO/c1-23(2)13-11-14-24(3)15-12-16-25(4)34-28-19-17-26(18-20-28)27-21-29(32(5,6)7)31(35)30(22-27)33(8,9)10/h13,15,17-22,25,34-35H,11-12,14,16H2,1-10H3/b24-15+. The highest BCUT2D eigenvalue weighted by Crippen LogP contribution is 2.42. The molecule has 35 heavy (non-hydrogen) atoms. The number of phenolic OH excluding ortho intramolecular Hbond substituents is 1. The summed E-state index contributed by atoms with van der Waals surface area (Å²) < 4.78 is 0. The van der Waals surface area contributed by atoms with Gasteiger partial charge in [0.05, 0.1) is 0 Å². The number of phenols is 1. The molecule has 0 spiro atoms. The van der Waals surface area contributed by atoms with E-state index in [0.29, 0.717) is 11.8 Å². The number of allylic oxidation sites excluding steroid dienone is 4. The van der Waals surface area contributed by atoms with Gasteiger partial charge >= 0.3 is 0 Å². The van der Waals surface area contributed by atoms with Gasteiger partial charge in [-0.1, -0.05) is 77.0 Å². The zero-order valence-corrected chi connectivity index (χ0v) is 24.0. The average Bonchev–Trinajstić information content (AvgIpc) is 2.72. The Kier molecular flexibility index (Phi) is 9.84. The van der Waals surface area contributed by atoms with Crippen LogP contribution in [0.4, 0.5) is 5.69 Å². The van der Waals surface area contributed by atoms with Crippen molar-refractivity contribution >= 4 is 5.69 Å². The first-order valence-corrected chi connectivity index (χ1v) is 13.2. The molecule has 2 nitrogen and oxygen atoms in total. The normalized spacial score (nSPS) is 13.5. The van der Waals surface area contributed by atoms with Gasteiger partial charge in [0.15, 0.2) is 0 Å². The van der Waals surface area contributed by atoms with Crippen molar-refractivity contribution in [2.45, 2.75) is 112 Å². The third-order valence-electron chi connectivity index (χ3n) is 6.54. The van der Waals surface area contributed by atoms with E-state index in [1.807, 2.05) is 0 Å². The van der Waals surface area contributed by atoms with Crippen molar-refractivity contribution in [1.82, 2.24) is 0 Å². The van der Waals surface area contributed by atoms with Gasteiger partial charge in [-0.15, -0.1) is 0 Å². The maximum Gasteiger partial charge on any atom is 0.123 e. The van der Waals surface area contributed by atoms with Crippen LogP contribution in [0.1, 0.15) is 106 Å². The zero-order valence-electron chi connectivity index (χ0n) is 24.0. The van der Waals surface area contributed by atoms with Crippen LogP contribution in [-0.4, -0.2) is 11.1 Å². The Labute approximate surface area is 215 Å². The van der Waals surface area contributed by atoms with E-state index in [-0.39, 0.29) is 10.8 Å². The highest BCUT2D eigenvalue weighted by molar-refractivity contribution is 5.70. The number of aromatic hydroxyl groups is 1. The van der Waals surface area contributed by atoms with Crippen molar-refractivity contribution in [1.29, 1.82) is 0 Å². The van der Waals surface area contributed by atoms with Crippen LogP contribution in [0, 0.1) is 0 Å². The van der Waals surface area contributed by atoms with Gasteiger partial charge in [0.2, 0.25) is 0 Å². The molecule has 0 fully saturated rings. The molecule has 0 heterocycles. The molecular weight excluding hydrogens is 426 g/mol. The molecule has 2 rings (SSSR count). The summed E-state index contributed by atoms with van der Waals surface area (Å²) >= 11 is 0. The fourth-order valence-corrected chi connectivity index (χ4v) is 4.33. The van der Waals surface area contributed by atoms with Crippen LogP contribution in [0.15, 0.2) is 59.7 Å². The van der Waals surface area contributed by atoms with Crippen LogP contribution in [0.5, 0.6) is 5.75 Å². The Hall–Kier alpha value is -2.48. The monoisotopic (exact) mass is 475 g/mol. The third-order valence-corrected chi connectivity index (χ3v) is 6.54. The lowest BCUT2D eigenvalue weighted by Crippen LogP contribution is -2.17. The molecule has 2 N–H and O–H groups in total. The third kappa shape index (κ3) is 8.91. The van der Waals surface area contributed by atoms with Crippen molar-refractivity contribution in [2.75, 3.05) is 5.32 Å². The van der Waals surface area contributed by atoms with E-state index in [0.717, 1.165) is 48.1 Å². The van der Waals surface area contributed by atoms with Crippen LogP contribution in [0.2, 0.25) is 0 Å². The largest absolute Gasteiger partial charge is 0.507 e. The van der Waals surface area contributed by atoms with Gasteiger partial charge < -0.3 is 10.4 Å². The summed E-state index contributed by atoms with van der Waals surface area (Å²) in [5.41, 5.74) is 8.11. The summed E-state index contributed by atoms with van der Waals surface area (Å²) in [6.45, 7) is 21.8. The lowest BCUT2D eigenvalue weighted by atomic mass is 9.78.